The van der Waals surface area contributed by atoms with Crippen molar-refractivity contribution in [1.29, 1.82) is 0 Å². The first-order valence-electron chi connectivity index (χ1n) is 6.80. The third-order valence-electron chi connectivity index (χ3n) is 5.26. The van der Waals surface area contributed by atoms with Crippen LogP contribution in [0.15, 0.2) is 0 Å². The van der Waals surface area contributed by atoms with Gasteiger partial charge in [0.25, 0.3) is 0 Å². The predicted molar refractivity (Wildman–Crippen MR) is 87.7 cm³/mol. The Kier molecular flexibility index (Phi) is 4.35. The molecule has 0 aromatic carbocycles. The minimum Gasteiger partial charge on any atom is -0.401 e. The fourth-order valence-corrected chi connectivity index (χ4v) is 5.37. The van der Waals surface area contributed by atoms with Crippen LogP contribution >= 0.6 is 23.2 Å². The molecule has 0 bridgehead atoms. The van der Waals surface area contributed by atoms with E-state index in [0.717, 1.165) is 0 Å². The highest BCUT2D eigenvalue weighted by Crippen LogP contribution is 2.52. The maximum Gasteiger partial charge on any atom is 0.493 e. The second kappa shape index (κ2) is 4.64. The van der Waals surface area contributed by atoms with Crippen LogP contribution in [0.3, 0.4) is 0 Å². The maximum absolute atomic E-state index is 6.75. The van der Waals surface area contributed by atoms with Gasteiger partial charge in [-0.15, -0.1) is 23.2 Å². The zero-order valence-corrected chi connectivity index (χ0v) is 16.2. The lowest BCUT2D eigenvalue weighted by Crippen LogP contribution is -2.61. The van der Waals surface area contributed by atoms with Crippen LogP contribution in [0.4, 0.5) is 0 Å². The Morgan fingerprint density at radius 3 is 1.47 bits per heavy atom. The number of halogens is 2. The maximum atomic E-state index is 6.75. The standard InChI is InChI=1S/C13H27BCl2O2Si/c1-10(2,3)19(8,9)13(15,16)14-17-11(4,5)12(6,7)18-14/h1-9H3. The van der Waals surface area contributed by atoms with Crippen LogP contribution in [-0.4, -0.2) is 30.3 Å². The summed E-state index contributed by atoms with van der Waals surface area (Å²) in [6.07, 6.45) is 0. The Balaban J connectivity index is 3.11. The van der Waals surface area contributed by atoms with Crippen LogP contribution in [0.2, 0.25) is 18.1 Å². The molecular weight excluding hydrogens is 298 g/mol. The van der Waals surface area contributed by atoms with Crippen molar-refractivity contribution < 1.29 is 9.31 Å². The quantitative estimate of drug-likeness (QED) is 0.534. The van der Waals surface area contributed by atoms with Gasteiger partial charge in [0.1, 0.15) is 3.86 Å². The van der Waals surface area contributed by atoms with Gasteiger partial charge >= 0.3 is 7.12 Å². The Morgan fingerprint density at radius 2 is 1.21 bits per heavy atom. The molecule has 0 amide bonds. The van der Waals surface area contributed by atoms with E-state index in [1.807, 2.05) is 27.7 Å². The second-order valence-corrected chi connectivity index (χ2v) is 15.6. The molecule has 0 N–H and O–H groups in total. The first kappa shape index (κ1) is 17.8. The average Bonchev–Trinajstić information content (AvgIpc) is 2.34. The third kappa shape index (κ3) is 2.76. The van der Waals surface area contributed by atoms with Gasteiger partial charge in [-0.1, -0.05) is 33.9 Å². The van der Waals surface area contributed by atoms with Crippen molar-refractivity contribution in [3.05, 3.63) is 0 Å². The topological polar surface area (TPSA) is 18.5 Å². The molecule has 112 valence electrons. The Morgan fingerprint density at radius 1 is 0.895 bits per heavy atom. The van der Waals surface area contributed by atoms with Crippen molar-refractivity contribution in [3.63, 3.8) is 0 Å². The van der Waals surface area contributed by atoms with E-state index in [9.17, 15) is 0 Å². The highest BCUT2D eigenvalue weighted by Gasteiger charge is 2.66. The van der Waals surface area contributed by atoms with Gasteiger partial charge in [0.15, 0.2) is 0 Å². The lowest BCUT2D eigenvalue weighted by Gasteiger charge is -2.45. The zero-order chi connectivity index (χ0) is 15.5. The summed E-state index contributed by atoms with van der Waals surface area (Å²) in [5.41, 5.74) is -0.815. The van der Waals surface area contributed by atoms with Crippen molar-refractivity contribution >= 4 is 38.4 Å². The molecule has 2 nitrogen and oxygen atoms in total. The molecule has 0 atom stereocenters. The molecule has 1 heterocycles. The zero-order valence-electron chi connectivity index (χ0n) is 13.6. The monoisotopic (exact) mass is 324 g/mol. The van der Waals surface area contributed by atoms with Crippen molar-refractivity contribution in [3.8, 4) is 0 Å². The summed E-state index contributed by atoms with van der Waals surface area (Å²) in [4.78, 5) is 0. The van der Waals surface area contributed by atoms with Gasteiger partial charge in [-0.25, -0.2) is 0 Å². The summed E-state index contributed by atoms with van der Waals surface area (Å²) in [6, 6.07) is 0. The smallest absolute Gasteiger partial charge is 0.401 e. The van der Waals surface area contributed by atoms with E-state index in [1.165, 1.54) is 0 Å². The van der Waals surface area contributed by atoms with Gasteiger partial charge in [-0.2, -0.15) is 0 Å². The first-order chi connectivity index (χ1) is 8.06. The van der Waals surface area contributed by atoms with Gasteiger partial charge in [-0.3, -0.25) is 0 Å². The van der Waals surface area contributed by atoms with E-state index in [1.54, 1.807) is 0 Å². The largest absolute Gasteiger partial charge is 0.493 e. The first-order valence-corrected chi connectivity index (χ1v) is 10.6. The van der Waals surface area contributed by atoms with E-state index in [2.05, 4.69) is 33.9 Å². The molecule has 1 aliphatic rings. The number of hydrogen-bond acceptors (Lipinski definition) is 2. The molecule has 1 rings (SSSR count). The molecule has 1 saturated heterocycles. The van der Waals surface area contributed by atoms with Crippen LogP contribution in [0.1, 0.15) is 48.5 Å². The number of hydrogen-bond donors (Lipinski definition) is 0. The second-order valence-electron chi connectivity index (χ2n) is 8.09. The summed E-state index contributed by atoms with van der Waals surface area (Å²) in [6.45, 7) is 19.0. The summed E-state index contributed by atoms with van der Waals surface area (Å²) in [7, 11) is -2.62. The molecule has 19 heavy (non-hydrogen) atoms. The molecule has 0 spiro atoms. The van der Waals surface area contributed by atoms with Crippen molar-refractivity contribution in [2.45, 2.75) is 81.7 Å². The van der Waals surface area contributed by atoms with E-state index in [-0.39, 0.29) is 5.04 Å². The highest BCUT2D eigenvalue weighted by molar-refractivity contribution is 7.08. The third-order valence-corrected chi connectivity index (χ3v) is 14.1. The van der Waals surface area contributed by atoms with Crippen molar-refractivity contribution in [1.82, 2.24) is 0 Å². The van der Waals surface area contributed by atoms with E-state index >= 15 is 0 Å². The predicted octanol–water partition coefficient (Wildman–Crippen LogP) is 4.84. The summed E-state index contributed by atoms with van der Waals surface area (Å²) >= 11 is 13.5. The fraction of sp³-hybridized carbons (Fsp3) is 1.00. The van der Waals surface area contributed by atoms with Crippen molar-refractivity contribution in [2.75, 3.05) is 0 Å². The normalized spacial score (nSPS) is 23.8. The summed E-state index contributed by atoms with van der Waals surface area (Å²) < 4.78 is 11.1. The van der Waals surface area contributed by atoms with Gasteiger partial charge in [-0.05, 0) is 32.7 Å². The number of rotatable bonds is 2. The average molecular weight is 325 g/mol. The van der Waals surface area contributed by atoms with Crippen LogP contribution in [0, 0.1) is 0 Å². The van der Waals surface area contributed by atoms with Gasteiger partial charge in [0.05, 0.1) is 19.3 Å². The molecule has 0 aliphatic carbocycles. The van der Waals surface area contributed by atoms with Gasteiger partial charge in [0.2, 0.25) is 0 Å². The van der Waals surface area contributed by atoms with Gasteiger partial charge in [0, 0.05) is 0 Å². The lowest BCUT2D eigenvalue weighted by atomic mass is 9.90. The highest BCUT2D eigenvalue weighted by atomic mass is 35.5. The Labute approximate surface area is 129 Å². The summed E-state index contributed by atoms with van der Waals surface area (Å²) in [5, 5.41) is 0.0557. The molecule has 6 heteroatoms. The minimum absolute atomic E-state index is 0.0557. The molecule has 0 saturated carbocycles. The van der Waals surface area contributed by atoms with Crippen LogP contribution < -0.4 is 0 Å². The van der Waals surface area contributed by atoms with E-state index < -0.39 is 30.3 Å². The lowest BCUT2D eigenvalue weighted by molar-refractivity contribution is 0.00578. The van der Waals surface area contributed by atoms with E-state index in [4.69, 9.17) is 32.5 Å². The molecule has 0 aromatic heterocycles. The summed E-state index contributed by atoms with van der Waals surface area (Å²) in [5.74, 6) is 0. The molecule has 0 unspecified atom stereocenters. The van der Waals surface area contributed by atoms with Crippen LogP contribution in [0.5, 0.6) is 0 Å². The molecule has 1 aliphatic heterocycles. The Bertz CT molecular complexity index is 346. The van der Waals surface area contributed by atoms with Crippen LogP contribution in [-0.2, 0) is 9.31 Å². The molecule has 0 radical (unpaired) electrons. The van der Waals surface area contributed by atoms with Crippen LogP contribution in [0.25, 0.3) is 0 Å². The number of alkyl halides is 2. The van der Waals surface area contributed by atoms with Crippen molar-refractivity contribution in [2.24, 2.45) is 0 Å². The Hall–Kier alpha value is 0.782. The van der Waals surface area contributed by atoms with E-state index in [0.29, 0.717) is 0 Å². The molecule has 0 aromatic rings. The SMILES string of the molecule is CC1(C)OB(C(Cl)(Cl)[Si](C)(C)C(C)(C)C)OC1(C)C. The van der Waals surface area contributed by atoms with Gasteiger partial charge < -0.3 is 9.31 Å². The molecular formula is C13H27BCl2O2Si. The minimum atomic E-state index is -2.04. The molecule has 1 fully saturated rings. The fourth-order valence-electron chi connectivity index (χ4n) is 1.79.